The first kappa shape index (κ1) is 33.6. The van der Waals surface area contributed by atoms with E-state index in [4.69, 9.17) is 9.59 Å². The van der Waals surface area contributed by atoms with Crippen LogP contribution in [-0.2, 0) is 33.6 Å². The van der Waals surface area contributed by atoms with Gasteiger partial charge < -0.3 is 0 Å². The summed E-state index contributed by atoms with van der Waals surface area (Å²) in [5, 5.41) is 0. The highest BCUT2D eigenvalue weighted by molar-refractivity contribution is 5.81. The highest BCUT2D eigenvalue weighted by Gasteiger charge is 2.21. The average Bonchev–Trinajstić information content (AvgIpc) is 2.88. The third kappa shape index (κ3) is 13.3. The number of benzene rings is 3. The lowest BCUT2D eigenvalue weighted by atomic mass is 9.89. The highest BCUT2D eigenvalue weighted by atomic mass is 19.3. The molecule has 0 saturated heterocycles. The first-order valence-electron chi connectivity index (χ1n) is 13.5. The Morgan fingerprint density at radius 2 is 1.54 bits per heavy atom. The van der Waals surface area contributed by atoms with E-state index in [1.54, 1.807) is 18.2 Å². The number of ketones is 1. The topological polar surface area (TPSA) is 51.2 Å². The van der Waals surface area contributed by atoms with Crippen LogP contribution in [0.15, 0.2) is 72.8 Å². The number of rotatable bonds is 10. The molecule has 3 aromatic rings. The first-order chi connectivity index (χ1) is 18.4. The number of aryl methyl sites for hydroxylation is 2. The molecular formula is C34H48F2O3. The summed E-state index contributed by atoms with van der Waals surface area (Å²) in [7, 11) is 0. The van der Waals surface area contributed by atoms with E-state index in [2.05, 4.69) is 58.0 Å². The fourth-order valence-corrected chi connectivity index (χ4v) is 4.48. The van der Waals surface area contributed by atoms with Crippen molar-refractivity contribution in [1.29, 1.82) is 0 Å². The molecule has 0 aliphatic carbocycles. The second-order valence-electron chi connectivity index (χ2n) is 10.2. The van der Waals surface area contributed by atoms with E-state index in [1.165, 1.54) is 16.7 Å². The second-order valence-corrected chi connectivity index (χ2v) is 10.2. The van der Waals surface area contributed by atoms with Crippen molar-refractivity contribution in [2.24, 2.45) is 0 Å². The molecule has 3 aromatic carbocycles. The molecule has 216 valence electrons. The smallest absolute Gasteiger partial charge is 0.299 e. The maximum absolute atomic E-state index is 12.5. The molecule has 0 spiro atoms. The van der Waals surface area contributed by atoms with Gasteiger partial charge in [0, 0.05) is 23.5 Å². The molecule has 5 heteroatoms. The van der Waals surface area contributed by atoms with Gasteiger partial charge in [-0.1, -0.05) is 106 Å². The summed E-state index contributed by atoms with van der Waals surface area (Å²) < 4.78 is 25.1. The van der Waals surface area contributed by atoms with Crippen molar-refractivity contribution in [3.8, 4) is 0 Å². The number of hydrogen-bond acceptors (Lipinski definition) is 3. The van der Waals surface area contributed by atoms with Gasteiger partial charge in [-0.05, 0) is 66.3 Å². The van der Waals surface area contributed by atoms with Gasteiger partial charge in [-0.3, -0.25) is 4.79 Å². The van der Waals surface area contributed by atoms with E-state index in [9.17, 15) is 13.6 Å². The molecule has 0 amide bonds. The molecule has 0 N–H and O–H groups in total. The van der Waals surface area contributed by atoms with Gasteiger partial charge in [0.2, 0.25) is 5.92 Å². The lowest BCUT2D eigenvalue weighted by molar-refractivity contribution is -0.191. The largest absolute Gasteiger partial charge is 0.373 e. The maximum Gasteiger partial charge on any atom is 0.373 e. The Hall–Kier alpha value is -3.43. The molecule has 0 aromatic heterocycles. The Morgan fingerprint density at radius 1 is 0.897 bits per heavy atom. The van der Waals surface area contributed by atoms with Crippen LogP contribution in [0.2, 0.25) is 0 Å². The van der Waals surface area contributed by atoms with Crippen molar-refractivity contribution in [1.82, 2.24) is 0 Å². The maximum atomic E-state index is 12.5. The zero-order valence-corrected chi connectivity index (χ0v) is 24.1. The van der Waals surface area contributed by atoms with Crippen LogP contribution in [0.25, 0.3) is 0 Å². The first-order valence-corrected chi connectivity index (χ1v) is 13.5. The summed E-state index contributed by atoms with van der Waals surface area (Å²) in [5.74, 6) is -1.44. The Kier molecular flexibility index (Phi) is 14.8. The summed E-state index contributed by atoms with van der Waals surface area (Å²) in [4.78, 5) is 28.8. The predicted molar refractivity (Wildman–Crippen MR) is 160 cm³/mol. The number of alkyl halides is 2. The molecular weight excluding hydrogens is 494 g/mol. The van der Waals surface area contributed by atoms with Crippen molar-refractivity contribution in [2.75, 3.05) is 0 Å². The zero-order valence-electron chi connectivity index (χ0n) is 24.1. The molecule has 2 unspecified atom stereocenters. The summed E-state index contributed by atoms with van der Waals surface area (Å²) in [5.41, 5.74) is 6.96. The van der Waals surface area contributed by atoms with E-state index in [-0.39, 0.29) is 22.8 Å². The van der Waals surface area contributed by atoms with Crippen LogP contribution >= 0.6 is 0 Å². The monoisotopic (exact) mass is 542 g/mol. The van der Waals surface area contributed by atoms with Gasteiger partial charge >= 0.3 is 6.15 Å². The lowest BCUT2D eigenvalue weighted by Crippen LogP contribution is -2.13. The molecule has 0 aliphatic heterocycles. The number of Topliss-reactive ketones (excluding diaryl/α,β-unsaturated/α-hetero) is 1. The van der Waals surface area contributed by atoms with E-state index in [1.807, 2.05) is 31.2 Å². The van der Waals surface area contributed by atoms with Crippen LogP contribution < -0.4 is 0 Å². The van der Waals surface area contributed by atoms with Crippen molar-refractivity contribution in [2.45, 2.75) is 91.4 Å². The van der Waals surface area contributed by atoms with Crippen LogP contribution in [0, 0.1) is 6.92 Å². The minimum atomic E-state index is -2.60. The predicted octanol–water partition coefficient (Wildman–Crippen LogP) is 9.42. The summed E-state index contributed by atoms with van der Waals surface area (Å²) >= 11 is 0. The molecule has 39 heavy (non-hydrogen) atoms. The van der Waals surface area contributed by atoms with Crippen LogP contribution in [-0.4, -0.2) is 17.9 Å². The Morgan fingerprint density at radius 3 is 2.08 bits per heavy atom. The molecule has 0 radical (unpaired) electrons. The third-order valence-corrected chi connectivity index (χ3v) is 6.64. The summed E-state index contributed by atoms with van der Waals surface area (Å²) in [6.45, 7) is 11.7. The zero-order chi connectivity index (χ0) is 29.4. The van der Waals surface area contributed by atoms with Gasteiger partial charge in [0.1, 0.15) is 5.78 Å². The quantitative estimate of drug-likeness (QED) is 0.256. The van der Waals surface area contributed by atoms with Gasteiger partial charge in [-0.2, -0.15) is 9.59 Å². The van der Waals surface area contributed by atoms with E-state index in [0.29, 0.717) is 30.1 Å². The lowest BCUT2D eigenvalue weighted by Gasteiger charge is -2.16. The van der Waals surface area contributed by atoms with E-state index >= 15 is 0 Å². The number of carbonyl (C=O) groups excluding carboxylic acids is 3. The van der Waals surface area contributed by atoms with Crippen LogP contribution in [0.3, 0.4) is 0 Å². The van der Waals surface area contributed by atoms with Crippen molar-refractivity contribution >= 4 is 11.9 Å². The number of carbonyl (C=O) groups is 1. The van der Waals surface area contributed by atoms with Crippen molar-refractivity contribution in [3.05, 3.63) is 106 Å². The minimum absolute atomic E-state index is 0. The van der Waals surface area contributed by atoms with Crippen molar-refractivity contribution < 1.29 is 27.4 Å². The van der Waals surface area contributed by atoms with Gasteiger partial charge in [0.05, 0.1) is 0 Å². The number of halogens is 2. The van der Waals surface area contributed by atoms with Gasteiger partial charge in [0.25, 0.3) is 0 Å². The molecule has 0 saturated carbocycles. The fraction of sp³-hybridized carbons (Fsp3) is 0.412. The van der Waals surface area contributed by atoms with Gasteiger partial charge in [0.15, 0.2) is 0 Å². The molecule has 3 nitrogen and oxygen atoms in total. The van der Waals surface area contributed by atoms with Crippen LogP contribution in [0.4, 0.5) is 8.78 Å². The molecule has 3 rings (SSSR count). The minimum Gasteiger partial charge on any atom is -0.299 e. The van der Waals surface area contributed by atoms with E-state index < -0.39 is 5.92 Å². The van der Waals surface area contributed by atoms with Gasteiger partial charge in [-0.15, -0.1) is 0 Å². The van der Waals surface area contributed by atoms with Gasteiger partial charge in [-0.25, -0.2) is 8.78 Å². The average molecular weight is 543 g/mol. The summed E-state index contributed by atoms with van der Waals surface area (Å²) in [6.07, 6.45) is 3.42. The molecule has 0 heterocycles. The Balaban J connectivity index is -0.000000718. The molecule has 0 bridgehead atoms. The highest BCUT2D eigenvalue weighted by Crippen LogP contribution is 2.26. The SMILES string of the molecule is CCc1ccc(CC(=O)CC(C)c2ccccc2)cc1C(C)CC.Cc1cccc(CC(C)(F)F)c1.O=C=O.[HH].[HH].[HH]. The Labute approximate surface area is 237 Å². The molecule has 0 aliphatic rings. The normalized spacial score (nSPS) is 12.1. The Bertz CT molecular complexity index is 1190. The molecule has 0 fully saturated rings. The summed E-state index contributed by atoms with van der Waals surface area (Å²) in [6, 6.07) is 24.1. The van der Waals surface area contributed by atoms with E-state index in [0.717, 1.165) is 30.9 Å². The molecule has 2 atom stereocenters. The van der Waals surface area contributed by atoms with Crippen LogP contribution in [0.1, 0.15) is 97.0 Å². The standard InChI is InChI=1S/C23H30O.C10H12F2.CO2.3H2/c1-5-17(3)23-16-19(12-13-20(23)6-2)15-22(24)14-18(4)21-10-8-7-9-11-21;1-8-4-3-5-9(6-8)7-10(2,11)12;2-1-3;;;/h7-13,16-18H,5-6,14-15H2,1-4H3;3-6H,7H2,1-2H3;;3*1H. The number of hydrogen-bond donors (Lipinski definition) is 0. The van der Waals surface area contributed by atoms with Crippen molar-refractivity contribution in [3.63, 3.8) is 0 Å². The van der Waals surface area contributed by atoms with Crippen LogP contribution in [0.5, 0.6) is 0 Å². The third-order valence-electron chi connectivity index (χ3n) is 6.64. The fourth-order valence-electron chi connectivity index (χ4n) is 4.48. The second kappa shape index (κ2) is 17.2.